The number of hydrogen-bond donors (Lipinski definition) is 1. The van der Waals surface area contributed by atoms with Gasteiger partial charge in [0.15, 0.2) is 0 Å². The van der Waals surface area contributed by atoms with Crippen LogP contribution in [0.5, 0.6) is 11.5 Å². The lowest BCUT2D eigenvalue weighted by atomic mass is 9.85. The molecule has 0 atom stereocenters. The summed E-state index contributed by atoms with van der Waals surface area (Å²) in [4.78, 5) is 29.2. The van der Waals surface area contributed by atoms with E-state index in [2.05, 4.69) is 4.90 Å². The highest BCUT2D eigenvalue weighted by molar-refractivity contribution is 5.90. The highest BCUT2D eigenvalue weighted by Crippen LogP contribution is 2.45. The molecule has 150 valence electrons. The average Bonchev–Trinajstić information content (AvgIpc) is 2.71. The van der Waals surface area contributed by atoms with Gasteiger partial charge in [0.2, 0.25) is 11.8 Å². The number of carbonyl (C=O) groups excluding carboxylic acids is 2. The van der Waals surface area contributed by atoms with Crippen molar-refractivity contribution < 1.29 is 14.3 Å². The van der Waals surface area contributed by atoms with Crippen molar-refractivity contribution in [1.29, 1.82) is 0 Å². The van der Waals surface area contributed by atoms with Gasteiger partial charge in [-0.25, -0.2) is 0 Å². The molecule has 3 aliphatic heterocycles. The van der Waals surface area contributed by atoms with E-state index in [0.717, 1.165) is 61.6 Å². The van der Waals surface area contributed by atoms with Crippen LogP contribution in [0.25, 0.3) is 0 Å². The molecule has 3 aliphatic rings. The SMILES string of the molecule is NC(=O)C1CCN(C2CN(C(=O)C3c4ccccc4Oc4ccccc43)C2)CC1. The third kappa shape index (κ3) is 3.17. The monoisotopic (exact) mass is 391 g/mol. The van der Waals surface area contributed by atoms with Gasteiger partial charge >= 0.3 is 0 Å². The second-order valence-electron chi connectivity index (χ2n) is 8.22. The van der Waals surface area contributed by atoms with Gasteiger partial charge in [-0.15, -0.1) is 0 Å². The van der Waals surface area contributed by atoms with Crippen LogP contribution < -0.4 is 10.5 Å². The second kappa shape index (κ2) is 7.19. The number of nitrogens with two attached hydrogens (primary N) is 1. The van der Waals surface area contributed by atoms with Gasteiger partial charge < -0.3 is 15.4 Å². The zero-order valence-electron chi connectivity index (χ0n) is 16.3. The van der Waals surface area contributed by atoms with Gasteiger partial charge in [0.05, 0.1) is 5.92 Å². The van der Waals surface area contributed by atoms with Crippen LogP contribution in [-0.2, 0) is 9.59 Å². The molecule has 0 spiro atoms. The summed E-state index contributed by atoms with van der Waals surface area (Å²) >= 11 is 0. The standard InChI is InChI=1S/C23H25N3O3/c24-22(27)15-9-11-25(12-10-15)16-13-26(14-16)23(28)21-17-5-1-3-7-19(17)29-20-8-4-2-6-18(20)21/h1-8,15-16,21H,9-14H2,(H2,24,27). The summed E-state index contributed by atoms with van der Waals surface area (Å²) in [6, 6.07) is 16.0. The van der Waals surface area contributed by atoms with Gasteiger partial charge in [-0.1, -0.05) is 36.4 Å². The first-order chi connectivity index (χ1) is 14.1. The molecule has 5 rings (SSSR count). The Balaban J connectivity index is 1.30. The Labute approximate surface area is 170 Å². The van der Waals surface area contributed by atoms with Crippen molar-refractivity contribution in [3.8, 4) is 11.5 Å². The van der Waals surface area contributed by atoms with Crippen LogP contribution in [0.2, 0.25) is 0 Å². The number of para-hydroxylation sites is 2. The average molecular weight is 391 g/mol. The predicted octanol–water partition coefficient (Wildman–Crippen LogP) is 2.33. The summed E-state index contributed by atoms with van der Waals surface area (Å²) in [5, 5.41) is 0. The van der Waals surface area contributed by atoms with E-state index >= 15 is 0 Å². The van der Waals surface area contributed by atoms with Gasteiger partial charge in [-0.3, -0.25) is 14.5 Å². The van der Waals surface area contributed by atoms with Gasteiger partial charge in [0.25, 0.3) is 0 Å². The summed E-state index contributed by atoms with van der Waals surface area (Å²) in [7, 11) is 0. The van der Waals surface area contributed by atoms with Crippen molar-refractivity contribution >= 4 is 11.8 Å². The lowest BCUT2D eigenvalue weighted by Gasteiger charge is -2.48. The number of likely N-dealkylation sites (tertiary alicyclic amines) is 2. The number of piperidine rings is 1. The maximum Gasteiger partial charge on any atom is 0.234 e. The van der Waals surface area contributed by atoms with E-state index in [1.54, 1.807) is 0 Å². The molecule has 2 amide bonds. The second-order valence-corrected chi connectivity index (χ2v) is 8.22. The summed E-state index contributed by atoms with van der Waals surface area (Å²) in [5.74, 6) is 1.14. The van der Waals surface area contributed by atoms with E-state index in [9.17, 15) is 9.59 Å². The first-order valence-electron chi connectivity index (χ1n) is 10.3. The zero-order chi connectivity index (χ0) is 20.0. The minimum absolute atomic E-state index is 0.000645. The smallest absolute Gasteiger partial charge is 0.234 e. The molecule has 0 aliphatic carbocycles. The van der Waals surface area contributed by atoms with Crippen LogP contribution in [0.15, 0.2) is 48.5 Å². The maximum absolute atomic E-state index is 13.5. The molecule has 0 saturated carbocycles. The van der Waals surface area contributed by atoms with Crippen molar-refractivity contribution in [3.05, 3.63) is 59.7 Å². The first-order valence-corrected chi connectivity index (χ1v) is 10.3. The first kappa shape index (κ1) is 18.2. The molecule has 0 unspecified atom stereocenters. The molecule has 2 aromatic rings. The molecule has 6 heteroatoms. The molecule has 2 N–H and O–H groups in total. The Morgan fingerprint density at radius 3 is 2.00 bits per heavy atom. The van der Waals surface area contributed by atoms with Crippen molar-refractivity contribution in [2.75, 3.05) is 26.2 Å². The minimum Gasteiger partial charge on any atom is -0.457 e. The van der Waals surface area contributed by atoms with Crippen molar-refractivity contribution in [2.24, 2.45) is 11.7 Å². The van der Waals surface area contributed by atoms with Crippen molar-refractivity contribution in [2.45, 2.75) is 24.8 Å². The number of ether oxygens (including phenoxy) is 1. The third-order valence-corrected chi connectivity index (χ3v) is 6.55. The molecule has 0 radical (unpaired) electrons. The van der Waals surface area contributed by atoms with Crippen LogP contribution in [0.4, 0.5) is 0 Å². The van der Waals surface area contributed by atoms with E-state index < -0.39 is 0 Å². The van der Waals surface area contributed by atoms with Crippen LogP contribution in [0.3, 0.4) is 0 Å². The van der Waals surface area contributed by atoms with E-state index in [-0.39, 0.29) is 23.7 Å². The molecular weight excluding hydrogens is 366 g/mol. The van der Waals surface area contributed by atoms with Crippen molar-refractivity contribution in [1.82, 2.24) is 9.80 Å². The number of hydrogen-bond acceptors (Lipinski definition) is 4. The predicted molar refractivity (Wildman–Crippen MR) is 109 cm³/mol. The van der Waals surface area contributed by atoms with E-state index in [1.807, 2.05) is 53.4 Å². The number of nitrogens with zero attached hydrogens (tertiary/aromatic N) is 2. The Kier molecular flexibility index (Phi) is 4.51. The molecule has 6 nitrogen and oxygen atoms in total. The molecule has 0 aromatic heterocycles. The maximum atomic E-state index is 13.5. The van der Waals surface area contributed by atoms with Crippen LogP contribution in [0, 0.1) is 5.92 Å². The van der Waals surface area contributed by atoms with E-state index in [0.29, 0.717) is 6.04 Å². The minimum atomic E-state index is -0.322. The molecule has 2 saturated heterocycles. The van der Waals surface area contributed by atoms with E-state index in [1.165, 1.54) is 0 Å². The van der Waals surface area contributed by atoms with Gasteiger partial charge in [-0.2, -0.15) is 0 Å². The van der Waals surface area contributed by atoms with Gasteiger partial charge in [-0.05, 0) is 38.1 Å². The Morgan fingerprint density at radius 1 is 0.897 bits per heavy atom. The van der Waals surface area contributed by atoms with Gasteiger partial charge in [0, 0.05) is 36.2 Å². The number of benzene rings is 2. The summed E-state index contributed by atoms with van der Waals surface area (Å²) in [6.07, 6.45) is 1.64. The fraction of sp³-hybridized carbons (Fsp3) is 0.391. The lowest BCUT2D eigenvalue weighted by molar-refractivity contribution is -0.140. The number of amides is 2. The molecule has 3 heterocycles. The molecule has 2 fully saturated rings. The zero-order valence-corrected chi connectivity index (χ0v) is 16.3. The summed E-state index contributed by atoms with van der Waals surface area (Å²) in [5.41, 5.74) is 7.30. The number of primary amides is 1. The Bertz CT molecular complexity index is 900. The summed E-state index contributed by atoms with van der Waals surface area (Å²) < 4.78 is 6.02. The molecule has 29 heavy (non-hydrogen) atoms. The molecule has 2 aromatic carbocycles. The van der Waals surface area contributed by atoms with E-state index in [4.69, 9.17) is 10.5 Å². The number of carbonyl (C=O) groups is 2. The lowest BCUT2D eigenvalue weighted by Crippen LogP contribution is -2.63. The van der Waals surface area contributed by atoms with Crippen LogP contribution in [0.1, 0.15) is 29.9 Å². The summed E-state index contributed by atoms with van der Waals surface area (Å²) in [6.45, 7) is 3.23. The van der Waals surface area contributed by atoms with Gasteiger partial charge in [0.1, 0.15) is 11.5 Å². The quantitative estimate of drug-likeness (QED) is 0.871. The highest BCUT2D eigenvalue weighted by Gasteiger charge is 2.42. The Hall–Kier alpha value is -2.86. The Morgan fingerprint density at radius 2 is 1.45 bits per heavy atom. The van der Waals surface area contributed by atoms with Crippen LogP contribution >= 0.6 is 0 Å². The fourth-order valence-corrected chi connectivity index (χ4v) is 4.77. The number of rotatable bonds is 3. The molecular formula is C23H25N3O3. The number of fused-ring (bicyclic) bond motifs is 2. The highest BCUT2D eigenvalue weighted by atomic mass is 16.5. The topological polar surface area (TPSA) is 75.9 Å². The molecule has 0 bridgehead atoms. The van der Waals surface area contributed by atoms with Crippen molar-refractivity contribution in [3.63, 3.8) is 0 Å². The largest absolute Gasteiger partial charge is 0.457 e. The normalized spacial score (nSPS) is 20.3. The van der Waals surface area contributed by atoms with Crippen LogP contribution in [-0.4, -0.2) is 53.8 Å². The fourth-order valence-electron chi connectivity index (χ4n) is 4.77. The third-order valence-electron chi connectivity index (χ3n) is 6.55.